The molecule has 0 aliphatic heterocycles. The van der Waals surface area contributed by atoms with Gasteiger partial charge in [-0.1, -0.05) is 23.9 Å². The van der Waals surface area contributed by atoms with Crippen molar-refractivity contribution < 1.29 is 14.3 Å². The zero-order chi connectivity index (χ0) is 16.7. The van der Waals surface area contributed by atoms with Crippen LogP contribution >= 0.6 is 23.4 Å². The number of benzene rings is 2. The highest BCUT2D eigenvalue weighted by molar-refractivity contribution is 7.99. The number of hydrogen-bond acceptors (Lipinski definition) is 4. The third-order valence-electron chi connectivity index (χ3n) is 3.11. The summed E-state index contributed by atoms with van der Waals surface area (Å²) in [4.78, 5) is 13.6. The van der Waals surface area contributed by atoms with Crippen molar-refractivity contribution in [3.63, 3.8) is 0 Å². The number of ether oxygens (including phenoxy) is 2. The van der Waals surface area contributed by atoms with Crippen molar-refractivity contribution >= 4 is 29.3 Å². The van der Waals surface area contributed by atoms with E-state index in [2.05, 4.69) is 12.1 Å². The highest BCUT2D eigenvalue weighted by atomic mass is 35.5. The van der Waals surface area contributed by atoms with Gasteiger partial charge in [0.15, 0.2) is 6.61 Å². The van der Waals surface area contributed by atoms with Gasteiger partial charge >= 0.3 is 5.97 Å². The molecule has 0 amide bonds. The lowest BCUT2D eigenvalue weighted by Crippen LogP contribution is -2.14. The first-order valence-corrected chi connectivity index (χ1v) is 8.69. The molecule has 2 rings (SSSR count). The maximum atomic E-state index is 11.3. The number of rotatable bonds is 7. The number of hydrogen-bond donors (Lipinski definition) is 0. The lowest BCUT2D eigenvalue weighted by atomic mass is 10.2. The molecule has 0 heterocycles. The summed E-state index contributed by atoms with van der Waals surface area (Å²) in [6, 6.07) is 14.1. The van der Waals surface area contributed by atoms with Crippen LogP contribution in [0.1, 0.15) is 18.1 Å². The van der Waals surface area contributed by atoms with Crippen LogP contribution in [0.25, 0.3) is 0 Å². The molecule has 2 aromatic rings. The summed E-state index contributed by atoms with van der Waals surface area (Å²) in [5.74, 6) is 0.862. The molecule has 0 saturated heterocycles. The molecular formula is C18H19ClO3S. The minimum Gasteiger partial charge on any atom is -0.482 e. The van der Waals surface area contributed by atoms with E-state index in [-0.39, 0.29) is 12.6 Å². The Kier molecular flexibility index (Phi) is 6.81. The molecule has 0 aromatic heterocycles. The molecule has 0 aliphatic rings. The van der Waals surface area contributed by atoms with Crippen molar-refractivity contribution in [2.24, 2.45) is 0 Å². The number of alkyl halides is 1. The van der Waals surface area contributed by atoms with Crippen molar-refractivity contribution in [2.75, 3.05) is 13.2 Å². The molecule has 5 heteroatoms. The van der Waals surface area contributed by atoms with Gasteiger partial charge in [0, 0.05) is 15.7 Å². The van der Waals surface area contributed by atoms with Crippen LogP contribution in [0.3, 0.4) is 0 Å². The SMILES string of the molecule is CCOC(=O)COc1ccc(Sc2ccc(CCl)cc2)cc1C. The fraction of sp³-hybridized carbons (Fsp3) is 0.278. The van der Waals surface area contributed by atoms with Gasteiger partial charge in [-0.3, -0.25) is 0 Å². The smallest absolute Gasteiger partial charge is 0.344 e. The molecule has 0 radical (unpaired) electrons. The van der Waals surface area contributed by atoms with Crippen LogP contribution in [-0.2, 0) is 15.4 Å². The second kappa shape index (κ2) is 8.85. The molecular weight excluding hydrogens is 332 g/mol. The zero-order valence-corrected chi connectivity index (χ0v) is 14.7. The Morgan fingerprint density at radius 2 is 1.83 bits per heavy atom. The van der Waals surface area contributed by atoms with Gasteiger partial charge in [-0.25, -0.2) is 4.79 Å². The summed E-state index contributed by atoms with van der Waals surface area (Å²) in [5.41, 5.74) is 2.09. The Balaban J connectivity index is 1.99. The van der Waals surface area contributed by atoms with Crippen LogP contribution in [0, 0.1) is 6.92 Å². The topological polar surface area (TPSA) is 35.5 Å². The summed E-state index contributed by atoms with van der Waals surface area (Å²) >= 11 is 7.47. The lowest BCUT2D eigenvalue weighted by molar-refractivity contribution is -0.145. The summed E-state index contributed by atoms with van der Waals surface area (Å²) in [6.45, 7) is 4.02. The van der Waals surface area contributed by atoms with Gasteiger partial charge in [0.2, 0.25) is 0 Å². The maximum absolute atomic E-state index is 11.3. The van der Waals surface area contributed by atoms with Crippen molar-refractivity contribution in [2.45, 2.75) is 29.5 Å². The molecule has 0 aliphatic carbocycles. The van der Waals surface area contributed by atoms with E-state index < -0.39 is 0 Å². The molecule has 0 spiro atoms. The predicted octanol–water partition coefficient (Wildman–Crippen LogP) is 4.83. The van der Waals surface area contributed by atoms with Crippen LogP contribution in [0.15, 0.2) is 52.3 Å². The van der Waals surface area contributed by atoms with E-state index in [1.54, 1.807) is 18.7 Å². The first kappa shape index (κ1) is 17.7. The second-order valence-corrected chi connectivity index (χ2v) is 6.31. The second-order valence-electron chi connectivity index (χ2n) is 4.90. The monoisotopic (exact) mass is 350 g/mol. The third kappa shape index (κ3) is 5.48. The number of aryl methyl sites for hydroxylation is 1. The van der Waals surface area contributed by atoms with Gasteiger partial charge in [0.05, 0.1) is 6.61 Å². The fourth-order valence-electron chi connectivity index (χ4n) is 1.97. The Bertz CT molecular complexity index is 656. The molecule has 0 unspecified atom stereocenters. The van der Waals surface area contributed by atoms with Crippen molar-refractivity contribution in [1.29, 1.82) is 0 Å². The van der Waals surface area contributed by atoms with Gasteiger partial charge < -0.3 is 9.47 Å². The average molecular weight is 351 g/mol. The third-order valence-corrected chi connectivity index (χ3v) is 4.42. The Morgan fingerprint density at radius 3 is 2.43 bits per heavy atom. The summed E-state index contributed by atoms with van der Waals surface area (Å²) in [6.07, 6.45) is 0. The number of esters is 1. The normalized spacial score (nSPS) is 10.4. The zero-order valence-electron chi connectivity index (χ0n) is 13.2. The number of carbonyl (C=O) groups is 1. The predicted molar refractivity (Wildman–Crippen MR) is 93.4 cm³/mol. The molecule has 0 N–H and O–H groups in total. The molecule has 122 valence electrons. The first-order valence-electron chi connectivity index (χ1n) is 7.34. The quantitative estimate of drug-likeness (QED) is 0.529. The highest BCUT2D eigenvalue weighted by Crippen LogP contribution is 2.31. The van der Waals surface area contributed by atoms with Crippen LogP contribution < -0.4 is 4.74 Å². The van der Waals surface area contributed by atoms with Gasteiger partial charge in [0.1, 0.15) is 5.75 Å². The summed E-state index contributed by atoms with van der Waals surface area (Å²) in [5, 5.41) is 0. The van der Waals surface area contributed by atoms with E-state index in [0.717, 1.165) is 20.9 Å². The molecule has 0 fully saturated rings. The van der Waals surface area contributed by atoms with Crippen LogP contribution in [-0.4, -0.2) is 19.2 Å². The van der Waals surface area contributed by atoms with E-state index in [9.17, 15) is 4.79 Å². The van der Waals surface area contributed by atoms with Crippen molar-refractivity contribution in [3.05, 3.63) is 53.6 Å². The van der Waals surface area contributed by atoms with Crippen LogP contribution in [0.4, 0.5) is 0 Å². The van der Waals surface area contributed by atoms with Gasteiger partial charge in [-0.15, -0.1) is 11.6 Å². The van der Waals surface area contributed by atoms with Crippen molar-refractivity contribution in [1.82, 2.24) is 0 Å². The van der Waals surface area contributed by atoms with Crippen molar-refractivity contribution in [3.8, 4) is 5.75 Å². The minimum absolute atomic E-state index is 0.0684. The van der Waals surface area contributed by atoms with E-state index in [0.29, 0.717) is 18.2 Å². The summed E-state index contributed by atoms with van der Waals surface area (Å²) < 4.78 is 10.3. The standard InChI is InChI=1S/C18H19ClO3S/c1-3-21-18(20)12-22-17-9-8-16(10-13(17)2)23-15-6-4-14(11-19)5-7-15/h4-10H,3,11-12H2,1-2H3. The molecule has 0 atom stereocenters. The van der Waals surface area contributed by atoms with E-state index >= 15 is 0 Å². The van der Waals surface area contributed by atoms with E-state index in [1.165, 1.54) is 0 Å². The number of halogens is 1. The van der Waals surface area contributed by atoms with Gasteiger partial charge in [0.25, 0.3) is 0 Å². The van der Waals surface area contributed by atoms with E-state index in [1.807, 2.05) is 37.3 Å². The average Bonchev–Trinajstić information content (AvgIpc) is 2.55. The molecule has 23 heavy (non-hydrogen) atoms. The number of carbonyl (C=O) groups excluding carboxylic acids is 1. The molecule has 0 saturated carbocycles. The Labute approximate surface area is 145 Å². The molecule has 0 bridgehead atoms. The lowest BCUT2D eigenvalue weighted by Gasteiger charge is -2.10. The van der Waals surface area contributed by atoms with Gasteiger partial charge in [-0.2, -0.15) is 0 Å². The molecule has 3 nitrogen and oxygen atoms in total. The fourth-order valence-corrected chi connectivity index (χ4v) is 3.06. The van der Waals surface area contributed by atoms with E-state index in [4.69, 9.17) is 21.1 Å². The highest BCUT2D eigenvalue weighted by Gasteiger charge is 2.07. The van der Waals surface area contributed by atoms with Gasteiger partial charge in [-0.05, 0) is 55.3 Å². The maximum Gasteiger partial charge on any atom is 0.344 e. The first-order chi connectivity index (χ1) is 11.1. The Hall–Kier alpha value is -1.65. The Morgan fingerprint density at radius 1 is 1.13 bits per heavy atom. The largest absolute Gasteiger partial charge is 0.482 e. The van der Waals surface area contributed by atoms with Crippen LogP contribution in [0.5, 0.6) is 5.75 Å². The molecule has 2 aromatic carbocycles. The minimum atomic E-state index is -0.357. The van der Waals surface area contributed by atoms with Crippen LogP contribution in [0.2, 0.25) is 0 Å². The summed E-state index contributed by atoms with van der Waals surface area (Å²) in [7, 11) is 0.